The van der Waals surface area contributed by atoms with Crippen molar-refractivity contribution in [3.8, 4) is 0 Å². The molecule has 1 N–H and O–H groups in total. The average molecular weight is 444 g/mol. The smallest absolute Gasteiger partial charge is 0.243 e. The second-order valence-electron chi connectivity index (χ2n) is 7.98. The molecule has 29 heavy (non-hydrogen) atoms. The van der Waals surface area contributed by atoms with Crippen molar-refractivity contribution in [1.82, 2.24) is 9.21 Å². The third-order valence-corrected chi connectivity index (χ3v) is 7.75. The molecule has 0 spiro atoms. The highest BCUT2D eigenvalue weighted by atomic mass is 35.5. The Kier molecular flexibility index (Phi) is 7.22. The molecule has 7 nitrogen and oxygen atoms in total. The molecule has 0 saturated carbocycles. The standard InChI is InChI=1S/C20H30ClN3O4S/c1-14-12-23(13-15(2)28-14)16(3)20(25)22-19-11-17(7-8-18(19)21)29(26,27)24-9-5-4-6-10-24/h7-8,11,14-16H,4-6,9-10,12-13H2,1-3H3,(H,22,25)/t14-,15-,16-/m1/s1. The molecule has 0 aliphatic carbocycles. The fourth-order valence-electron chi connectivity index (χ4n) is 3.95. The van der Waals surface area contributed by atoms with Gasteiger partial charge < -0.3 is 10.1 Å². The first-order valence-corrected chi connectivity index (χ1v) is 12.0. The summed E-state index contributed by atoms with van der Waals surface area (Å²) in [6, 6.07) is 4.10. The van der Waals surface area contributed by atoms with Gasteiger partial charge in [-0.1, -0.05) is 18.0 Å². The molecule has 9 heteroatoms. The number of anilines is 1. The summed E-state index contributed by atoms with van der Waals surface area (Å²) in [5, 5.41) is 3.13. The Morgan fingerprint density at radius 2 is 1.79 bits per heavy atom. The molecule has 0 aromatic heterocycles. The normalized spacial score (nSPS) is 25.5. The molecule has 2 fully saturated rings. The first kappa shape index (κ1) is 22.5. The molecular weight excluding hydrogens is 414 g/mol. The van der Waals surface area contributed by atoms with Gasteiger partial charge in [-0.3, -0.25) is 9.69 Å². The maximum Gasteiger partial charge on any atom is 0.243 e. The van der Waals surface area contributed by atoms with Gasteiger partial charge in [-0.15, -0.1) is 0 Å². The van der Waals surface area contributed by atoms with Crippen LogP contribution in [0.2, 0.25) is 5.02 Å². The number of benzene rings is 1. The molecule has 0 radical (unpaired) electrons. The van der Waals surface area contributed by atoms with Gasteiger partial charge >= 0.3 is 0 Å². The first-order chi connectivity index (χ1) is 13.7. The first-order valence-electron chi connectivity index (χ1n) is 10.2. The molecule has 162 valence electrons. The van der Waals surface area contributed by atoms with Crippen molar-refractivity contribution in [3.63, 3.8) is 0 Å². The van der Waals surface area contributed by atoms with Crippen LogP contribution in [-0.2, 0) is 19.6 Å². The van der Waals surface area contributed by atoms with Crippen LogP contribution < -0.4 is 5.32 Å². The number of morpholine rings is 1. The van der Waals surface area contributed by atoms with E-state index in [-0.39, 0.29) is 29.1 Å². The number of sulfonamides is 1. The number of hydrogen-bond donors (Lipinski definition) is 1. The van der Waals surface area contributed by atoms with Crippen molar-refractivity contribution in [2.75, 3.05) is 31.5 Å². The molecular formula is C20H30ClN3O4S. The number of ether oxygens (including phenoxy) is 1. The van der Waals surface area contributed by atoms with Crippen LogP contribution in [0, 0.1) is 0 Å². The van der Waals surface area contributed by atoms with Gasteiger partial charge in [0.15, 0.2) is 0 Å². The van der Waals surface area contributed by atoms with Crippen LogP contribution >= 0.6 is 11.6 Å². The highest BCUT2D eigenvalue weighted by molar-refractivity contribution is 7.89. The van der Waals surface area contributed by atoms with E-state index in [0.29, 0.717) is 36.9 Å². The van der Waals surface area contributed by atoms with Gasteiger partial charge in [-0.2, -0.15) is 4.31 Å². The van der Waals surface area contributed by atoms with Crippen molar-refractivity contribution in [1.29, 1.82) is 0 Å². The van der Waals surface area contributed by atoms with Crippen LogP contribution in [0.25, 0.3) is 0 Å². The monoisotopic (exact) mass is 443 g/mol. The van der Waals surface area contributed by atoms with E-state index in [9.17, 15) is 13.2 Å². The van der Waals surface area contributed by atoms with E-state index >= 15 is 0 Å². The number of nitrogens with zero attached hydrogens (tertiary/aromatic N) is 2. The molecule has 1 aromatic carbocycles. The van der Waals surface area contributed by atoms with Crippen LogP contribution in [0.15, 0.2) is 23.1 Å². The minimum Gasteiger partial charge on any atom is -0.373 e. The predicted octanol–water partition coefficient (Wildman–Crippen LogP) is 2.95. The maximum atomic E-state index is 12.9. The highest BCUT2D eigenvalue weighted by Gasteiger charge is 2.30. The van der Waals surface area contributed by atoms with Crippen LogP contribution in [-0.4, -0.2) is 68.0 Å². The number of carbonyl (C=O) groups excluding carboxylic acids is 1. The lowest BCUT2D eigenvalue weighted by Gasteiger charge is -2.38. The Morgan fingerprint density at radius 3 is 2.41 bits per heavy atom. The largest absolute Gasteiger partial charge is 0.373 e. The fourth-order valence-corrected chi connectivity index (χ4v) is 5.66. The molecule has 1 amide bonds. The Hall–Kier alpha value is -1.19. The van der Waals surface area contributed by atoms with E-state index in [2.05, 4.69) is 10.2 Å². The lowest BCUT2D eigenvalue weighted by molar-refractivity contribution is -0.126. The van der Waals surface area contributed by atoms with Crippen LogP contribution in [0.5, 0.6) is 0 Å². The summed E-state index contributed by atoms with van der Waals surface area (Å²) in [5.74, 6) is -0.222. The molecule has 0 unspecified atom stereocenters. The second kappa shape index (κ2) is 9.31. The highest BCUT2D eigenvalue weighted by Crippen LogP contribution is 2.28. The van der Waals surface area contributed by atoms with E-state index in [1.807, 2.05) is 20.8 Å². The molecule has 0 bridgehead atoms. The van der Waals surface area contributed by atoms with Crippen molar-refractivity contribution < 1.29 is 17.9 Å². The van der Waals surface area contributed by atoms with Gasteiger partial charge in [0.05, 0.1) is 33.9 Å². The van der Waals surface area contributed by atoms with E-state index in [1.54, 1.807) is 0 Å². The summed E-state index contributed by atoms with van der Waals surface area (Å²) in [7, 11) is -3.60. The third kappa shape index (κ3) is 5.30. The minimum atomic E-state index is -3.60. The van der Waals surface area contributed by atoms with E-state index in [1.165, 1.54) is 22.5 Å². The summed E-state index contributed by atoms with van der Waals surface area (Å²) in [5.41, 5.74) is 0.316. The van der Waals surface area contributed by atoms with Gasteiger partial charge in [-0.05, 0) is 51.8 Å². The molecule has 3 rings (SSSR count). The minimum absolute atomic E-state index is 0.0515. The maximum absolute atomic E-state index is 12.9. The summed E-state index contributed by atoms with van der Waals surface area (Å²) < 4.78 is 33.1. The van der Waals surface area contributed by atoms with Crippen molar-refractivity contribution in [2.24, 2.45) is 0 Å². The van der Waals surface area contributed by atoms with Crippen LogP contribution in [0.4, 0.5) is 5.69 Å². The van der Waals surface area contributed by atoms with Crippen molar-refractivity contribution >= 4 is 33.2 Å². The van der Waals surface area contributed by atoms with Crippen molar-refractivity contribution in [2.45, 2.75) is 63.2 Å². The summed E-state index contributed by atoms with van der Waals surface area (Å²) >= 11 is 6.26. The molecule has 3 atom stereocenters. The Labute approximate surface area is 178 Å². The quantitative estimate of drug-likeness (QED) is 0.756. The zero-order chi connectivity index (χ0) is 21.2. The Bertz CT molecular complexity index is 832. The lowest BCUT2D eigenvalue weighted by Crippen LogP contribution is -2.52. The number of carbonyl (C=O) groups is 1. The van der Waals surface area contributed by atoms with E-state index in [0.717, 1.165) is 19.3 Å². The van der Waals surface area contributed by atoms with E-state index in [4.69, 9.17) is 16.3 Å². The predicted molar refractivity (Wildman–Crippen MR) is 114 cm³/mol. The summed E-state index contributed by atoms with van der Waals surface area (Å²) in [4.78, 5) is 15.0. The van der Waals surface area contributed by atoms with Crippen LogP contribution in [0.3, 0.4) is 0 Å². The number of hydrogen-bond acceptors (Lipinski definition) is 5. The van der Waals surface area contributed by atoms with Crippen molar-refractivity contribution in [3.05, 3.63) is 23.2 Å². The summed E-state index contributed by atoms with van der Waals surface area (Å²) in [6.45, 7) is 8.18. The average Bonchev–Trinajstić information content (AvgIpc) is 2.68. The lowest BCUT2D eigenvalue weighted by atomic mass is 10.1. The number of piperidine rings is 1. The molecule has 1 aromatic rings. The topological polar surface area (TPSA) is 79.0 Å². The van der Waals surface area contributed by atoms with Gasteiger partial charge in [-0.25, -0.2) is 8.42 Å². The molecule has 2 heterocycles. The van der Waals surface area contributed by atoms with Crippen LogP contribution in [0.1, 0.15) is 40.0 Å². The summed E-state index contributed by atoms with van der Waals surface area (Å²) in [6.07, 6.45) is 2.88. The Morgan fingerprint density at radius 1 is 1.17 bits per heavy atom. The van der Waals surface area contributed by atoms with Gasteiger partial charge in [0.2, 0.25) is 15.9 Å². The second-order valence-corrected chi connectivity index (χ2v) is 10.3. The molecule has 2 aliphatic heterocycles. The third-order valence-electron chi connectivity index (χ3n) is 5.52. The number of nitrogens with one attached hydrogen (secondary N) is 1. The zero-order valence-corrected chi connectivity index (χ0v) is 18.8. The zero-order valence-electron chi connectivity index (χ0n) is 17.2. The number of halogens is 1. The Balaban J connectivity index is 1.75. The van der Waals surface area contributed by atoms with Gasteiger partial charge in [0.25, 0.3) is 0 Å². The van der Waals surface area contributed by atoms with Gasteiger partial charge in [0, 0.05) is 26.2 Å². The molecule has 2 aliphatic rings. The SMILES string of the molecule is C[C@@H]1CN([C@H](C)C(=O)Nc2cc(S(=O)(=O)N3CCCCC3)ccc2Cl)C[C@@H](C)O1. The van der Waals surface area contributed by atoms with E-state index < -0.39 is 10.0 Å². The van der Waals surface area contributed by atoms with Gasteiger partial charge in [0.1, 0.15) is 0 Å². The number of rotatable bonds is 5. The fraction of sp³-hybridized carbons (Fsp3) is 0.650. The molecule has 2 saturated heterocycles. The number of amides is 1.